The highest BCUT2D eigenvalue weighted by Gasteiger charge is 2.27. The molecule has 5 N–H and O–H groups in total. The van der Waals surface area contributed by atoms with Gasteiger partial charge >= 0.3 is 6.09 Å². The number of fused-ring (bicyclic) bond motifs is 1. The van der Waals surface area contributed by atoms with E-state index in [4.69, 9.17) is 10.8 Å². The monoisotopic (exact) mass is 354 g/mol. The van der Waals surface area contributed by atoms with Crippen molar-refractivity contribution in [2.75, 3.05) is 13.1 Å². The van der Waals surface area contributed by atoms with Crippen LogP contribution >= 0.6 is 0 Å². The summed E-state index contributed by atoms with van der Waals surface area (Å²) in [6.45, 7) is 0.954. The fourth-order valence-corrected chi connectivity index (χ4v) is 3.57. The van der Waals surface area contributed by atoms with Gasteiger partial charge in [0.25, 0.3) is 5.91 Å². The molecule has 26 heavy (non-hydrogen) atoms. The van der Waals surface area contributed by atoms with Gasteiger partial charge in [0.1, 0.15) is 5.52 Å². The molecule has 2 aromatic heterocycles. The minimum absolute atomic E-state index is 0.149. The Morgan fingerprint density at radius 1 is 1.23 bits per heavy atom. The van der Waals surface area contributed by atoms with Crippen LogP contribution in [0.1, 0.15) is 34.8 Å². The predicted octanol–water partition coefficient (Wildman–Crippen LogP) is 1.91. The van der Waals surface area contributed by atoms with Crippen molar-refractivity contribution < 1.29 is 14.7 Å². The first-order valence-electron chi connectivity index (χ1n) is 8.33. The van der Waals surface area contributed by atoms with E-state index in [0.29, 0.717) is 37.0 Å². The quantitative estimate of drug-likeness (QED) is 0.568. The number of likely N-dealkylation sites (tertiary alicyclic amines) is 1. The zero-order chi connectivity index (χ0) is 18.3. The number of H-pyrrole nitrogens is 2. The van der Waals surface area contributed by atoms with Crippen LogP contribution in [0, 0.1) is 0 Å². The van der Waals surface area contributed by atoms with E-state index in [1.165, 1.54) is 4.90 Å². The third-order valence-corrected chi connectivity index (χ3v) is 4.96. The number of carbonyl (C=O) groups is 2. The summed E-state index contributed by atoms with van der Waals surface area (Å²) in [5.41, 5.74) is 9.03. The molecule has 0 radical (unpaired) electrons. The summed E-state index contributed by atoms with van der Waals surface area (Å²) in [6, 6.07) is 3.68. The third-order valence-electron chi connectivity index (χ3n) is 4.96. The van der Waals surface area contributed by atoms with Crippen molar-refractivity contribution in [3.63, 3.8) is 0 Å². The number of carboxylic acid groups (broad SMARTS) is 1. The number of piperidine rings is 1. The van der Waals surface area contributed by atoms with Crippen LogP contribution in [0.15, 0.2) is 24.5 Å². The Hall–Kier alpha value is -3.36. The van der Waals surface area contributed by atoms with Crippen LogP contribution in [0.4, 0.5) is 4.79 Å². The van der Waals surface area contributed by atoms with Gasteiger partial charge in [-0.05, 0) is 30.5 Å². The van der Waals surface area contributed by atoms with Crippen molar-refractivity contribution in [2.24, 2.45) is 5.73 Å². The van der Waals surface area contributed by atoms with Crippen molar-refractivity contribution >= 4 is 22.9 Å². The molecule has 3 heterocycles. The molecule has 1 saturated heterocycles. The maximum atomic E-state index is 11.9. The molecule has 9 heteroatoms. The standard InChI is InChI=1S/C17H18N6O3/c18-16(24)13-6-10(11-7-19-20-8-11)5-12-14(21-22-15(12)13)9-1-3-23(4-2-9)17(25)26/h5-9H,1-4H2,(H2,18,24)(H,19,20)(H,21,22)(H,25,26). The third kappa shape index (κ3) is 2.67. The number of carbonyl (C=O) groups excluding carboxylic acids is 1. The Kier molecular flexibility index (Phi) is 3.83. The maximum Gasteiger partial charge on any atom is 0.407 e. The number of benzene rings is 1. The van der Waals surface area contributed by atoms with Crippen LogP contribution in [0.3, 0.4) is 0 Å². The van der Waals surface area contributed by atoms with Crippen LogP contribution in [-0.4, -0.2) is 55.5 Å². The lowest BCUT2D eigenvalue weighted by Gasteiger charge is -2.29. The lowest BCUT2D eigenvalue weighted by molar-refractivity contribution is 0.100. The van der Waals surface area contributed by atoms with E-state index in [1.807, 2.05) is 6.07 Å². The minimum atomic E-state index is -0.892. The molecule has 0 bridgehead atoms. The van der Waals surface area contributed by atoms with Gasteiger partial charge in [0.2, 0.25) is 0 Å². The van der Waals surface area contributed by atoms with E-state index in [-0.39, 0.29) is 5.92 Å². The second-order valence-corrected chi connectivity index (χ2v) is 6.45. The molecule has 1 aliphatic rings. The number of primary amides is 1. The van der Waals surface area contributed by atoms with E-state index in [9.17, 15) is 9.59 Å². The van der Waals surface area contributed by atoms with Crippen LogP contribution in [0.2, 0.25) is 0 Å². The molecule has 3 aromatic rings. The molecule has 0 unspecified atom stereocenters. The van der Waals surface area contributed by atoms with Gasteiger partial charge in [0.05, 0.1) is 11.8 Å². The van der Waals surface area contributed by atoms with Crippen LogP contribution < -0.4 is 5.73 Å². The average molecular weight is 354 g/mol. The van der Waals surface area contributed by atoms with E-state index in [1.54, 1.807) is 18.5 Å². The highest BCUT2D eigenvalue weighted by molar-refractivity contribution is 6.07. The molecule has 1 aromatic carbocycles. The fraction of sp³-hybridized carbons (Fsp3) is 0.294. The van der Waals surface area contributed by atoms with E-state index in [2.05, 4.69) is 20.4 Å². The Morgan fingerprint density at radius 3 is 2.62 bits per heavy atom. The zero-order valence-electron chi connectivity index (χ0n) is 13.9. The number of aromatic nitrogens is 4. The largest absolute Gasteiger partial charge is 0.465 e. The SMILES string of the molecule is NC(=O)c1cc(-c2cn[nH]c2)cc2c(C3CCN(C(=O)O)CC3)[nH]nc12. The average Bonchev–Trinajstić information content (AvgIpc) is 3.30. The maximum absolute atomic E-state index is 11.9. The number of hydrogen-bond donors (Lipinski definition) is 4. The summed E-state index contributed by atoms with van der Waals surface area (Å²) in [4.78, 5) is 24.4. The second kappa shape index (κ2) is 6.17. The predicted molar refractivity (Wildman–Crippen MR) is 93.8 cm³/mol. The van der Waals surface area contributed by atoms with Crippen molar-refractivity contribution in [3.05, 3.63) is 35.8 Å². The summed E-state index contributed by atoms with van der Waals surface area (Å²) in [5.74, 6) is -0.394. The summed E-state index contributed by atoms with van der Waals surface area (Å²) >= 11 is 0. The van der Waals surface area contributed by atoms with E-state index in [0.717, 1.165) is 22.2 Å². The van der Waals surface area contributed by atoms with Gasteiger partial charge in [0.15, 0.2) is 0 Å². The van der Waals surface area contributed by atoms with Gasteiger partial charge in [-0.25, -0.2) is 4.79 Å². The normalized spacial score (nSPS) is 15.5. The van der Waals surface area contributed by atoms with Crippen molar-refractivity contribution in [1.29, 1.82) is 0 Å². The number of nitrogens with one attached hydrogen (secondary N) is 2. The Balaban J connectivity index is 1.77. The zero-order valence-corrected chi connectivity index (χ0v) is 13.9. The summed E-state index contributed by atoms with van der Waals surface area (Å²) in [5, 5.41) is 24.0. The summed E-state index contributed by atoms with van der Waals surface area (Å²) in [7, 11) is 0. The summed E-state index contributed by atoms with van der Waals surface area (Å²) < 4.78 is 0. The number of hydrogen-bond acceptors (Lipinski definition) is 4. The molecular formula is C17H18N6O3. The van der Waals surface area contributed by atoms with Gasteiger partial charge in [-0.1, -0.05) is 0 Å². The molecule has 134 valence electrons. The first kappa shape index (κ1) is 16.1. The molecule has 1 fully saturated rings. The minimum Gasteiger partial charge on any atom is -0.465 e. The van der Waals surface area contributed by atoms with Gasteiger partial charge in [-0.3, -0.25) is 15.0 Å². The van der Waals surface area contributed by atoms with Gasteiger partial charge in [-0.15, -0.1) is 0 Å². The van der Waals surface area contributed by atoms with Gasteiger partial charge in [-0.2, -0.15) is 10.2 Å². The van der Waals surface area contributed by atoms with Gasteiger partial charge < -0.3 is 15.7 Å². The first-order valence-corrected chi connectivity index (χ1v) is 8.33. The number of amides is 2. The molecule has 0 saturated carbocycles. The van der Waals surface area contributed by atoms with Crippen LogP contribution in [0.5, 0.6) is 0 Å². The number of nitrogens with two attached hydrogens (primary N) is 1. The molecule has 1 aliphatic heterocycles. The Labute approximate surface area is 148 Å². The molecule has 2 amide bonds. The highest BCUT2D eigenvalue weighted by atomic mass is 16.4. The lowest BCUT2D eigenvalue weighted by Crippen LogP contribution is -2.36. The van der Waals surface area contributed by atoms with Crippen LogP contribution in [-0.2, 0) is 0 Å². The number of aromatic amines is 2. The second-order valence-electron chi connectivity index (χ2n) is 6.45. The topological polar surface area (TPSA) is 141 Å². The van der Waals surface area contributed by atoms with E-state index < -0.39 is 12.0 Å². The molecule has 4 rings (SSSR count). The Bertz CT molecular complexity index is 970. The fourth-order valence-electron chi connectivity index (χ4n) is 3.57. The van der Waals surface area contributed by atoms with Crippen molar-refractivity contribution in [2.45, 2.75) is 18.8 Å². The first-order chi connectivity index (χ1) is 12.5. The molecular weight excluding hydrogens is 336 g/mol. The molecule has 0 atom stereocenters. The molecule has 0 aliphatic carbocycles. The number of rotatable bonds is 3. The van der Waals surface area contributed by atoms with E-state index >= 15 is 0 Å². The lowest BCUT2D eigenvalue weighted by atomic mass is 9.90. The Morgan fingerprint density at radius 2 is 2.00 bits per heavy atom. The van der Waals surface area contributed by atoms with Crippen molar-refractivity contribution in [3.8, 4) is 11.1 Å². The van der Waals surface area contributed by atoms with Gasteiger partial charge in [0, 0.05) is 41.8 Å². The molecule has 0 spiro atoms. The molecule has 9 nitrogen and oxygen atoms in total. The summed E-state index contributed by atoms with van der Waals surface area (Å²) in [6.07, 6.45) is 3.93. The van der Waals surface area contributed by atoms with Crippen LogP contribution in [0.25, 0.3) is 22.0 Å². The number of nitrogens with zero attached hydrogens (tertiary/aromatic N) is 3. The van der Waals surface area contributed by atoms with Crippen molar-refractivity contribution in [1.82, 2.24) is 25.3 Å². The smallest absolute Gasteiger partial charge is 0.407 e. The highest BCUT2D eigenvalue weighted by Crippen LogP contribution is 2.35.